The van der Waals surface area contributed by atoms with Crippen molar-refractivity contribution in [3.8, 4) is 5.75 Å². The Labute approximate surface area is 138 Å². The summed E-state index contributed by atoms with van der Waals surface area (Å²) in [4.78, 5) is 12.5. The van der Waals surface area contributed by atoms with Crippen LogP contribution in [0.4, 0.5) is 0 Å². The maximum absolute atomic E-state index is 12.5. The Kier molecular flexibility index (Phi) is 5.80. The third-order valence-corrected chi connectivity index (χ3v) is 3.96. The van der Waals surface area contributed by atoms with Gasteiger partial charge in [0.15, 0.2) is 6.10 Å². The predicted molar refractivity (Wildman–Crippen MR) is 93.6 cm³/mol. The minimum Gasteiger partial charge on any atom is -0.480 e. The van der Waals surface area contributed by atoms with Crippen molar-refractivity contribution >= 4 is 5.91 Å². The fourth-order valence-electron chi connectivity index (χ4n) is 2.41. The fourth-order valence-corrected chi connectivity index (χ4v) is 2.41. The molecule has 1 N–H and O–H groups in total. The average molecular weight is 311 g/mol. The number of nitrogens with one attached hydrogen (secondary N) is 1. The molecule has 2 rings (SSSR count). The lowest BCUT2D eigenvalue weighted by atomic mass is 10.1. The molecule has 0 aliphatic heterocycles. The van der Waals surface area contributed by atoms with Crippen molar-refractivity contribution in [2.75, 3.05) is 0 Å². The molecule has 0 unspecified atom stereocenters. The van der Waals surface area contributed by atoms with Gasteiger partial charge in [-0.1, -0.05) is 55.0 Å². The molecule has 122 valence electrons. The van der Waals surface area contributed by atoms with Gasteiger partial charge in [-0.2, -0.15) is 0 Å². The van der Waals surface area contributed by atoms with Gasteiger partial charge < -0.3 is 10.1 Å². The van der Waals surface area contributed by atoms with E-state index in [0.717, 1.165) is 16.9 Å². The van der Waals surface area contributed by atoms with Crippen LogP contribution < -0.4 is 10.1 Å². The zero-order chi connectivity index (χ0) is 16.8. The Balaban J connectivity index is 2.02. The zero-order valence-corrected chi connectivity index (χ0v) is 14.3. The molecule has 0 saturated heterocycles. The van der Waals surface area contributed by atoms with Gasteiger partial charge in [0.05, 0.1) is 6.04 Å². The molecule has 23 heavy (non-hydrogen) atoms. The van der Waals surface area contributed by atoms with Crippen molar-refractivity contribution < 1.29 is 9.53 Å². The van der Waals surface area contributed by atoms with Crippen molar-refractivity contribution in [2.45, 2.75) is 46.3 Å². The van der Waals surface area contributed by atoms with E-state index in [0.29, 0.717) is 6.42 Å². The number of hydrogen-bond acceptors (Lipinski definition) is 2. The van der Waals surface area contributed by atoms with Crippen molar-refractivity contribution in [2.24, 2.45) is 0 Å². The minimum absolute atomic E-state index is 0.0439. The van der Waals surface area contributed by atoms with E-state index in [2.05, 4.69) is 24.4 Å². The summed E-state index contributed by atoms with van der Waals surface area (Å²) in [6.45, 7) is 7.98. The highest BCUT2D eigenvalue weighted by Gasteiger charge is 2.21. The van der Waals surface area contributed by atoms with E-state index in [4.69, 9.17) is 4.74 Å². The molecule has 2 atom stereocenters. The van der Waals surface area contributed by atoms with E-state index in [9.17, 15) is 4.79 Å². The lowest BCUT2D eigenvalue weighted by Crippen LogP contribution is -2.39. The van der Waals surface area contributed by atoms with Crippen LogP contribution in [0.15, 0.2) is 48.5 Å². The zero-order valence-electron chi connectivity index (χ0n) is 14.3. The molecule has 0 bridgehead atoms. The normalized spacial score (nSPS) is 13.2. The first kappa shape index (κ1) is 17.1. The van der Waals surface area contributed by atoms with Gasteiger partial charge in [0.1, 0.15) is 5.75 Å². The lowest BCUT2D eigenvalue weighted by molar-refractivity contribution is -0.128. The van der Waals surface area contributed by atoms with Gasteiger partial charge in [-0.3, -0.25) is 4.79 Å². The van der Waals surface area contributed by atoms with Gasteiger partial charge in [-0.25, -0.2) is 0 Å². The summed E-state index contributed by atoms with van der Waals surface area (Å²) < 4.78 is 5.90. The number of ether oxygens (including phenoxy) is 1. The second-order valence-corrected chi connectivity index (χ2v) is 5.92. The molecule has 3 heteroatoms. The van der Waals surface area contributed by atoms with E-state index in [-0.39, 0.29) is 11.9 Å². The molecule has 0 aliphatic carbocycles. The molecule has 0 spiro atoms. The lowest BCUT2D eigenvalue weighted by Gasteiger charge is -2.21. The summed E-state index contributed by atoms with van der Waals surface area (Å²) in [5.41, 5.74) is 3.33. The van der Waals surface area contributed by atoms with Gasteiger partial charge in [0, 0.05) is 0 Å². The highest BCUT2D eigenvalue weighted by Crippen LogP contribution is 2.20. The predicted octanol–water partition coefficient (Wildman–Crippen LogP) is 4.34. The van der Waals surface area contributed by atoms with Gasteiger partial charge in [0.25, 0.3) is 5.91 Å². The number of hydrogen-bond donors (Lipinski definition) is 1. The Bertz CT molecular complexity index is 649. The van der Waals surface area contributed by atoms with Gasteiger partial charge >= 0.3 is 0 Å². The third-order valence-electron chi connectivity index (χ3n) is 3.96. The van der Waals surface area contributed by atoms with Gasteiger partial charge in [-0.05, 0) is 44.4 Å². The van der Waals surface area contributed by atoms with Crippen molar-refractivity contribution in [3.05, 3.63) is 65.2 Å². The average Bonchev–Trinajstić information content (AvgIpc) is 2.54. The number of aryl methyl sites for hydroxylation is 2. The van der Waals surface area contributed by atoms with Crippen molar-refractivity contribution in [1.82, 2.24) is 5.32 Å². The SMILES string of the molecule is CC[C@H](Oc1ccccc1C)C(=O)N[C@@H](C)c1ccc(C)cc1. The highest BCUT2D eigenvalue weighted by atomic mass is 16.5. The maximum Gasteiger partial charge on any atom is 0.261 e. The standard InChI is InChI=1S/C20H25NO2/c1-5-18(23-19-9-7-6-8-15(19)3)20(22)21-16(4)17-12-10-14(2)11-13-17/h6-13,16,18H,5H2,1-4H3,(H,21,22)/t16-,18-/m0/s1. The Morgan fingerprint density at radius 2 is 1.74 bits per heavy atom. The van der Waals surface area contributed by atoms with Crippen LogP contribution in [0.2, 0.25) is 0 Å². The van der Waals surface area contributed by atoms with E-state index >= 15 is 0 Å². The van der Waals surface area contributed by atoms with Crippen LogP contribution in [0.3, 0.4) is 0 Å². The number of rotatable bonds is 6. The highest BCUT2D eigenvalue weighted by molar-refractivity contribution is 5.81. The summed E-state index contributed by atoms with van der Waals surface area (Å²) >= 11 is 0. The van der Waals surface area contributed by atoms with Gasteiger partial charge in [0.2, 0.25) is 0 Å². The van der Waals surface area contributed by atoms with E-state index in [1.807, 2.05) is 57.2 Å². The number of carbonyl (C=O) groups excluding carboxylic acids is 1. The van der Waals surface area contributed by atoms with Crippen LogP contribution in [0.5, 0.6) is 5.75 Å². The van der Waals surface area contributed by atoms with Gasteiger partial charge in [-0.15, -0.1) is 0 Å². The first-order chi connectivity index (χ1) is 11.0. The molecule has 0 radical (unpaired) electrons. The molecule has 0 fully saturated rings. The summed E-state index contributed by atoms with van der Waals surface area (Å²) in [6.07, 6.45) is 0.143. The quantitative estimate of drug-likeness (QED) is 0.862. The van der Waals surface area contributed by atoms with Crippen LogP contribution in [-0.4, -0.2) is 12.0 Å². The maximum atomic E-state index is 12.5. The smallest absolute Gasteiger partial charge is 0.261 e. The summed E-state index contributed by atoms with van der Waals surface area (Å²) in [6, 6.07) is 15.9. The fraction of sp³-hybridized carbons (Fsp3) is 0.350. The third kappa shape index (κ3) is 4.59. The molecule has 0 heterocycles. The van der Waals surface area contributed by atoms with E-state index in [1.54, 1.807) is 0 Å². The van der Waals surface area contributed by atoms with Crippen LogP contribution in [0.25, 0.3) is 0 Å². The van der Waals surface area contributed by atoms with E-state index in [1.165, 1.54) is 5.56 Å². The monoisotopic (exact) mass is 311 g/mol. The number of benzene rings is 2. The topological polar surface area (TPSA) is 38.3 Å². The van der Waals surface area contributed by atoms with Crippen LogP contribution in [0.1, 0.15) is 43.0 Å². The number of amides is 1. The molecule has 0 aliphatic rings. The largest absolute Gasteiger partial charge is 0.480 e. The molecule has 0 aromatic heterocycles. The summed E-state index contributed by atoms with van der Waals surface area (Å²) in [5.74, 6) is 0.682. The number of carbonyl (C=O) groups is 1. The second kappa shape index (κ2) is 7.82. The van der Waals surface area contributed by atoms with Crippen LogP contribution in [0, 0.1) is 13.8 Å². The van der Waals surface area contributed by atoms with Crippen molar-refractivity contribution in [3.63, 3.8) is 0 Å². The first-order valence-electron chi connectivity index (χ1n) is 8.10. The molecule has 3 nitrogen and oxygen atoms in total. The Morgan fingerprint density at radius 1 is 1.09 bits per heavy atom. The van der Waals surface area contributed by atoms with Crippen LogP contribution in [-0.2, 0) is 4.79 Å². The minimum atomic E-state index is -0.482. The van der Waals surface area contributed by atoms with Crippen molar-refractivity contribution in [1.29, 1.82) is 0 Å². The molecule has 0 saturated carbocycles. The molecule has 2 aromatic carbocycles. The second-order valence-electron chi connectivity index (χ2n) is 5.92. The first-order valence-corrected chi connectivity index (χ1v) is 8.10. The summed E-state index contributed by atoms with van der Waals surface area (Å²) in [7, 11) is 0. The molecule has 2 aromatic rings. The Hall–Kier alpha value is -2.29. The Morgan fingerprint density at radius 3 is 2.35 bits per heavy atom. The summed E-state index contributed by atoms with van der Waals surface area (Å²) in [5, 5.41) is 3.04. The molecular formula is C20H25NO2. The molecular weight excluding hydrogens is 286 g/mol. The van der Waals surface area contributed by atoms with Crippen LogP contribution >= 0.6 is 0 Å². The molecule has 1 amide bonds. The number of para-hydroxylation sites is 1. The van der Waals surface area contributed by atoms with E-state index < -0.39 is 6.10 Å².